The third kappa shape index (κ3) is 4.43. The molecule has 9 heteroatoms. The molecule has 1 aliphatic heterocycles. The molecule has 1 aromatic heterocycles. The number of nitrogens with zero attached hydrogens (tertiary/aromatic N) is 2. The number of hydrogen-bond donors (Lipinski definition) is 0. The second kappa shape index (κ2) is 8.42. The second-order valence-electron chi connectivity index (χ2n) is 7.18. The number of ether oxygens (including phenoxy) is 1. The van der Waals surface area contributed by atoms with E-state index in [2.05, 4.69) is 5.10 Å². The van der Waals surface area contributed by atoms with Gasteiger partial charge in [0, 0.05) is 5.56 Å². The number of amides is 1. The molecule has 33 heavy (non-hydrogen) atoms. The molecule has 0 saturated carbocycles. The van der Waals surface area contributed by atoms with E-state index >= 15 is 0 Å². The molecule has 4 rings (SSSR count). The molecule has 0 radical (unpaired) electrons. The number of benzene rings is 2. The molecule has 2 heterocycles. The normalized spacial score (nSPS) is 15.2. The van der Waals surface area contributed by atoms with Crippen LogP contribution in [0.1, 0.15) is 28.6 Å². The van der Waals surface area contributed by atoms with Gasteiger partial charge < -0.3 is 9.15 Å². The zero-order chi connectivity index (χ0) is 23.8. The van der Waals surface area contributed by atoms with Gasteiger partial charge in [-0.15, -0.1) is 0 Å². The summed E-state index contributed by atoms with van der Waals surface area (Å²) in [7, 11) is 1.29. The third-order valence-electron chi connectivity index (χ3n) is 4.96. The second-order valence-corrected chi connectivity index (χ2v) is 7.18. The summed E-state index contributed by atoms with van der Waals surface area (Å²) in [5.74, 6) is -0.249. The van der Waals surface area contributed by atoms with Crippen LogP contribution in [0, 0.1) is 0 Å². The number of halogens is 3. The number of furan rings is 1. The van der Waals surface area contributed by atoms with Gasteiger partial charge in [0.2, 0.25) is 0 Å². The van der Waals surface area contributed by atoms with Gasteiger partial charge in [-0.3, -0.25) is 4.79 Å². The lowest BCUT2D eigenvalue weighted by Gasteiger charge is -2.14. The molecule has 1 aliphatic rings. The summed E-state index contributed by atoms with van der Waals surface area (Å²) in [6.45, 7) is 1.58. The number of carbonyl (C=O) groups is 2. The van der Waals surface area contributed by atoms with Crippen molar-refractivity contribution in [3.63, 3.8) is 0 Å². The lowest BCUT2D eigenvalue weighted by atomic mass is 10.1. The average Bonchev–Trinajstić information content (AvgIpc) is 3.38. The summed E-state index contributed by atoms with van der Waals surface area (Å²) in [6.07, 6.45) is -3.06. The van der Waals surface area contributed by atoms with E-state index in [4.69, 9.17) is 9.15 Å². The standard InChI is InChI=1S/C24H17F3N2O4/c1-14-20(22(30)29(28-14)18-8-4-7-17(12-18)24(25,26)27)13-19-9-10-21(33-19)15-5-3-6-16(11-15)23(31)32-2/h3-13H,1-2H3. The van der Waals surface area contributed by atoms with Gasteiger partial charge in [-0.1, -0.05) is 18.2 Å². The lowest BCUT2D eigenvalue weighted by molar-refractivity contribution is -0.137. The van der Waals surface area contributed by atoms with Crippen molar-refractivity contribution in [3.8, 4) is 11.3 Å². The maximum atomic E-state index is 13.0. The van der Waals surface area contributed by atoms with Gasteiger partial charge in [-0.2, -0.15) is 23.3 Å². The van der Waals surface area contributed by atoms with Crippen LogP contribution in [0.5, 0.6) is 0 Å². The molecule has 0 aliphatic carbocycles. The number of anilines is 1. The smallest absolute Gasteiger partial charge is 0.416 e. The predicted octanol–water partition coefficient (Wildman–Crippen LogP) is 5.56. The minimum absolute atomic E-state index is 0.0114. The molecule has 0 unspecified atom stereocenters. The first-order chi connectivity index (χ1) is 15.7. The van der Waals surface area contributed by atoms with Crippen LogP contribution in [-0.2, 0) is 15.7 Å². The van der Waals surface area contributed by atoms with Crippen LogP contribution >= 0.6 is 0 Å². The largest absolute Gasteiger partial charge is 0.465 e. The Morgan fingerprint density at radius 1 is 1.09 bits per heavy atom. The Hall–Kier alpha value is -4.14. The van der Waals surface area contributed by atoms with Gasteiger partial charge in [0.25, 0.3) is 5.91 Å². The zero-order valence-electron chi connectivity index (χ0n) is 17.5. The topological polar surface area (TPSA) is 72.1 Å². The average molecular weight is 454 g/mol. The van der Waals surface area contributed by atoms with Crippen LogP contribution in [0.15, 0.2) is 75.8 Å². The van der Waals surface area contributed by atoms with Crippen LogP contribution in [0.2, 0.25) is 0 Å². The summed E-state index contributed by atoms with van der Waals surface area (Å²) in [5, 5.41) is 5.05. The van der Waals surface area contributed by atoms with Crippen molar-refractivity contribution in [3.05, 3.63) is 83.1 Å². The number of rotatable bonds is 4. The fraction of sp³-hybridized carbons (Fsp3) is 0.125. The van der Waals surface area contributed by atoms with Crippen LogP contribution in [0.3, 0.4) is 0 Å². The first-order valence-corrected chi connectivity index (χ1v) is 9.75. The van der Waals surface area contributed by atoms with Gasteiger partial charge in [0.05, 0.1) is 35.2 Å². The number of esters is 1. The Labute approximate surface area is 186 Å². The molecule has 0 spiro atoms. The molecule has 0 N–H and O–H groups in total. The van der Waals surface area contributed by atoms with Crippen molar-refractivity contribution in [1.82, 2.24) is 0 Å². The fourth-order valence-corrected chi connectivity index (χ4v) is 3.32. The Bertz CT molecular complexity index is 1300. The maximum absolute atomic E-state index is 13.0. The predicted molar refractivity (Wildman–Crippen MR) is 115 cm³/mol. The molecule has 1 amide bonds. The van der Waals surface area contributed by atoms with Crippen LogP contribution in [0.25, 0.3) is 17.4 Å². The van der Waals surface area contributed by atoms with Gasteiger partial charge >= 0.3 is 12.1 Å². The van der Waals surface area contributed by atoms with Crippen molar-refractivity contribution in [2.24, 2.45) is 5.10 Å². The van der Waals surface area contributed by atoms with Crippen molar-refractivity contribution in [1.29, 1.82) is 0 Å². The highest BCUT2D eigenvalue weighted by molar-refractivity contribution is 6.32. The Morgan fingerprint density at radius 3 is 2.58 bits per heavy atom. The minimum atomic E-state index is -4.54. The number of hydrogen-bond acceptors (Lipinski definition) is 5. The minimum Gasteiger partial charge on any atom is -0.465 e. The molecular formula is C24H17F3N2O4. The van der Waals surface area contributed by atoms with E-state index in [0.29, 0.717) is 28.4 Å². The SMILES string of the molecule is COC(=O)c1cccc(-c2ccc(C=C3C(=O)N(c4cccc(C(F)(F)F)c4)N=C3C)o2)c1. The van der Waals surface area contributed by atoms with E-state index in [1.807, 2.05) is 0 Å². The van der Waals surface area contributed by atoms with E-state index in [0.717, 1.165) is 17.1 Å². The Kier molecular flexibility index (Phi) is 5.63. The van der Waals surface area contributed by atoms with E-state index in [-0.39, 0.29) is 11.3 Å². The highest BCUT2D eigenvalue weighted by atomic mass is 19.4. The first-order valence-electron chi connectivity index (χ1n) is 9.75. The summed E-state index contributed by atoms with van der Waals surface area (Å²) < 4.78 is 49.6. The Balaban J connectivity index is 1.60. The van der Waals surface area contributed by atoms with Gasteiger partial charge in [-0.25, -0.2) is 4.79 Å². The van der Waals surface area contributed by atoms with E-state index in [1.165, 1.54) is 25.3 Å². The molecule has 6 nitrogen and oxygen atoms in total. The first kappa shape index (κ1) is 22.1. The van der Waals surface area contributed by atoms with Crippen molar-refractivity contribution < 1.29 is 31.9 Å². The zero-order valence-corrected chi connectivity index (χ0v) is 17.5. The molecule has 0 atom stereocenters. The van der Waals surface area contributed by atoms with Crippen LogP contribution < -0.4 is 5.01 Å². The summed E-state index contributed by atoms with van der Waals surface area (Å²) >= 11 is 0. The monoisotopic (exact) mass is 454 g/mol. The van der Waals surface area contributed by atoms with Crippen molar-refractivity contribution in [2.75, 3.05) is 12.1 Å². The number of alkyl halides is 3. The van der Waals surface area contributed by atoms with E-state index in [9.17, 15) is 22.8 Å². The Morgan fingerprint density at radius 2 is 1.85 bits per heavy atom. The van der Waals surface area contributed by atoms with Crippen LogP contribution in [-0.4, -0.2) is 24.7 Å². The third-order valence-corrected chi connectivity index (χ3v) is 4.96. The quantitative estimate of drug-likeness (QED) is 0.382. The van der Waals surface area contributed by atoms with E-state index in [1.54, 1.807) is 43.3 Å². The van der Waals surface area contributed by atoms with E-state index < -0.39 is 23.6 Å². The number of carbonyl (C=O) groups excluding carboxylic acids is 2. The number of hydrazone groups is 1. The lowest BCUT2D eigenvalue weighted by Crippen LogP contribution is -2.21. The summed E-state index contributed by atoms with van der Waals surface area (Å²) in [6, 6.07) is 14.4. The van der Waals surface area contributed by atoms with Crippen molar-refractivity contribution >= 4 is 29.4 Å². The highest BCUT2D eigenvalue weighted by Crippen LogP contribution is 2.33. The maximum Gasteiger partial charge on any atom is 0.416 e. The molecule has 0 fully saturated rings. The molecule has 168 valence electrons. The number of methoxy groups -OCH3 is 1. The molecule has 2 aromatic carbocycles. The molecule has 0 bridgehead atoms. The summed E-state index contributed by atoms with van der Waals surface area (Å²) in [5.41, 5.74) is 0.660. The van der Waals surface area contributed by atoms with Gasteiger partial charge in [0.15, 0.2) is 0 Å². The highest BCUT2D eigenvalue weighted by Gasteiger charge is 2.33. The van der Waals surface area contributed by atoms with Gasteiger partial charge in [-0.05, 0) is 55.5 Å². The molecular weight excluding hydrogens is 437 g/mol. The van der Waals surface area contributed by atoms with Gasteiger partial charge in [0.1, 0.15) is 11.5 Å². The molecule has 3 aromatic rings. The fourth-order valence-electron chi connectivity index (χ4n) is 3.32. The van der Waals surface area contributed by atoms with Crippen LogP contribution in [0.4, 0.5) is 18.9 Å². The summed E-state index contributed by atoms with van der Waals surface area (Å²) in [4.78, 5) is 24.6. The van der Waals surface area contributed by atoms with Crippen molar-refractivity contribution in [2.45, 2.75) is 13.1 Å². The molecule has 0 saturated heterocycles.